The Morgan fingerprint density at radius 3 is 3.00 bits per heavy atom. The predicted octanol–water partition coefficient (Wildman–Crippen LogP) is 2.71. The topological polar surface area (TPSA) is 30.5 Å². The van der Waals surface area contributed by atoms with Crippen LogP contribution in [0.25, 0.3) is 0 Å². The van der Waals surface area contributed by atoms with E-state index in [0.29, 0.717) is 12.0 Å². The minimum absolute atomic E-state index is 0.0139. The van der Waals surface area contributed by atoms with E-state index in [-0.39, 0.29) is 5.60 Å². The Balaban J connectivity index is 1.56. The highest BCUT2D eigenvalue weighted by Crippen LogP contribution is 2.33. The molecule has 19 heavy (non-hydrogen) atoms. The van der Waals surface area contributed by atoms with E-state index >= 15 is 0 Å². The van der Waals surface area contributed by atoms with Gasteiger partial charge in [0.1, 0.15) is 5.75 Å². The third-order valence-corrected chi connectivity index (χ3v) is 4.15. The monoisotopic (exact) mass is 261 g/mol. The maximum Gasteiger partial charge on any atom is 0.122 e. The Morgan fingerprint density at radius 2 is 2.16 bits per heavy atom. The molecule has 2 unspecified atom stereocenters. The molecule has 2 heterocycles. The molecule has 0 amide bonds. The maximum atomic E-state index is 5.76. The summed E-state index contributed by atoms with van der Waals surface area (Å²) in [6, 6.07) is 8.94. The summed E-state index contributed by atoms with van der Waals surface area (Å²) in [6.07, 6.45) is 2.20. The molecule has 0 radical (unpaired) electrons. The fraction of sp³-hybridized carbons (Fsp3) is 0.625. The molecule has 104 valence electrons. The van der Waals surface area contributed by atoms with Gasteiger partial charge in [0.15, 0.2) is 0 Å². The third-order valence-electron chi connectivity index (χ3n) is 4.15. The maximum absolute atomic E-state index is 5.76. The first kappa shape index (κ1) is 12.9. The van der Waals surface area contributed by atoms with Gasteiger partial charge in [-0.3, -0.25) is 0 Å². The highest BCUT2D eigenvalue weighted by atomic mass is 16.5. The van der Waals surface area contributed by atoms with Crippen LogP contribution in [-0.2, 0) is 4.74 Å². The van der Waals surface area contributed by atoms with Gasteiger partial charge in [0.05, 0.1) is 12.2 Å². The summed E-state index contributed by atoms with van der Waals surface area (Å²) >= 11 is 0. The first-order valence-electron chi connectivity index (χ1n) is 7.23. The second-order valence-electron chi connectivity index (χ2n) is 6.25. The van der Waals surface area contributed by atoms with Gasteiger partial charge in [-0.05, 0) is 32.8 Å². The minimum atomic E-state index is 0.0139. The molecule has 1 fully saturated rings. The summed E-state index contributed by atoms with van der Waals surface area (Å²) in [6.45, 7) is 7.02. The van der Waals surface area contributed by atoms with Crippen molar-refractivity contribution in [3.05, 3.63) is 29.8 Å². The molecule has 1 saturated heterocycles. The van der Waals surface area contributed by atoms with Crippen LogP contribution in [0.5, 0.6) is 5.75 Å². The Hall–Kier alpha value is -1.06. The number of para-hydroxylation sites is 1. The Bertz CT molecular complexity index is 444. The predicted molar refractivity (Wildman–Crippen MR) is 75.7 cm³/mol. The molecule has 2 aliphatic rings. The van der Waals surface area contributed by atoms with Crippen molar-refractivity contribution in [2.45, 2.75) is 44.2 Å². The number of rotatable bonds is 3. The molecule has 0 aliphatic carbocycles. The molecular weight excluding hydrogens is 238 g/mol. The van der Waals surface area contributed by atoms with Crippen LogP contribution in [0.1, 0.15) is 38.2 Å². The highest BCUT2D eigenvalue weighted by molar-refractivity contribution is 5.39. The van der Waals surface area contributed by atoms with Gasteiger partial charge in [-0.25, -0.2) is 0 Å². The molecule has 3 heteroatoms. The Morgan fingerprint density at radius 1 is 1.32 bits per heavy atom. The SMILES string of the molecule is CC1(C)CC(NCC2COc3ccccc32)CCO1. The smallest absolute Gasteiger partial charge is 0.122 e. The zero-order chi connectivity index (χ0) is 13.3. The lowest BCUT2D eigenvalue weighted by molar-refractivity contribution is -0.0629. The van der Waals surface area contributed by atoms with Gasteiger partial charge in [-0.15, -0.1) is 0 Å². The highest BCUT2D eigenvalue weighted by Gasteiger charge is 2.30. The molecule has 2 atom stereocenters. The van der Waals surface area contributed by atoms with E-state index in [0.717, 1.165) is 38.3 Å². The van der Waals surface area contributed by atoms with Crippen molar-refractivity contribution in [1.82, 2.24) is 5.32 Å². The average Bonchev–Trinajstić information content (AvgIpc) is 2.78. The van der Waals surface area contributed by atoms with Gasteiger partial charge in [0.2, 0.25) is 0 Å². The normalized spacial score (nSPS) is 28.7. The van der Waals surface area contributed by atoms with Gasteiger partial charge in [0.25, 0.3) is 0 Å². The second kappa shape index (κ2) is 5.14. The standard InChI is InChI=1S/C16H23NO2/c1-16(2)9-13(7-8-19-16)17-10-12-11-18-15-6-4-3-5-14(12)15/h3-6,12-13,17H,7-11H2,1-2H3. The van der Waals surface area contributed by atoms with Crippen molar-refractivity contribution in [2.24, 2.45) is 0 Å². The van der Waals surface area contributed by atoms with Crippen molar-refractivity contribution < 1.29 is 9.47 Å². The van der Waals surface area contributed by atoms with E-state index in [1.165, 1.54) is 5.56 Å². The Labute approximate surface area is 115 Å². The van der Waals surface area contributed by atoms with Gasteiger partial charge < -0.3 is 14.8 Å². The van der Waals surface area contributed by atoms with Crippen molar-refractivity contribution in [2.75, 3.05) is 19.8 Å². The van der Waals surface area contributed by atoms with Crippen LogP contribution >= 0.6 is 0 Å². The summed E-state index contributed by atoms with van der Waals surface area (Å²) in [5.41, 5.74) is 1.36. The van der Waals surface area contributed by atoms with Crippen molar-refractivity contribution in [1.29, 1.82) is 0 Å². The largest absolute Gasteiger partial charge is 0.493 e. The Kier molecular flexibility index (Phi) is 3.50. The quantitative estimate of drug-likeness (QED) is 0.907. The number of fused-ring (bicyclic) bond motifs is 1. The molecule has 0 saturated carbocycles. The van der Waals surface area contributed by atoms with Crippen LogP contribution in [-0.4, -0.2) is 31.4 Å². The molecule has 0 spiro atoms. The lowest BCUT2D eigenvalue weighted by Gasteiger charge is -2.36. The molecule has 1 aromatic carbocycles. The number of nitrogens with one attached hydrogen (secondary N) is 1. The van der Waals surface area contributed by atoms with Crippen LogP contribution in [0.4, 0.5) is 0 Å². The lowest BCUT2D eigenvalue weighted by atomic mass is 9.93. The first-order chi connectivity index (χ1) is 9.14. The average molecular weight is 261 g/mol. The summed E-state index contributed by atoms with van der Waals surface area (Å²) < 4.78 is 11.5. The van der Waals surface area contributed by atoms with E-state index in [2.05, 4.69) is 37.4 Å². The van der Waals surface area contributed by atoms with Crippen molar-refractivity contribution in [3.8, 4) is 5.75 Å². The molecule has 0 bridgehead atoms. The molecule has 3 rings (SSSR count). The lowest BCUT2D eigenvalue weighted by Crippen LogP contribution is -2.44. The van der Waals surface area contributed by atoms with Crippen LogP contribution in [0, 0.1) is 0 Å². The van der Waals surface area contributed by atoms with E-state index in [9.17, 15) is 0 Å². The van der Waals surface area contributed by atoms with E-state index in [1.807, 2.05) is 6.07 Å². The van der Waals surface area contributed by atoms with Gasteiger partial charge >= 0.3 is 0 Å². The van der Waals surface area contributed by atoms with Crippen LogP contribution in [0.2, 0.25) is 0 Å². The van der Waals surface area contributed by atoms with Crippen molar-refractivity contribution in [3.63, 3.8) is 0 Å². The second-order valence-corrected chi connectivity index (χ2v) is 6.25. The van der Waals surface area contributed by atoms with Crippen LogP contribution in [0.3, 0.4) is 0 Å². The zero-order valence-electron chi connectivity index (χ0n) is 11.8. The van der Waals surface area contributed by atoms with E-state index < -0.39 is 0 Å². The first-order valence-corrected chi connectivity index (χ1v) is 7.23. The van der Waals surface area contributed by atoms with E-state index in [1.54, 1.807) is 0 Å². The zero-order valence-corrected chi connectivity index (χ0v) is 11.8. The number of hydrogen-bond donors (Lipinski definition) is 1. The van der Waals surface area contributed by atoms with E-state index in [4.69, 9.17) is 9.47 Å². The summed E-state index contributed by atoms with van der Waals surface area (Å²) in [5, 5.41) is 3.70. The number of benzene rings is 1. The summed E-state index contributed by atoms with van der Waals surface area (Å²) in [7, 11) is 0. The fourth-order valence-corrected chi connectivity index (χ4v) is 3.11. The van der Waals surface area contributed by atoms with Gasteiger partial charge in [-0.2, -0.15) is 0 Å². The summed E-state index contributed by atoms with van der Waals surface area (Å²) in [5.74, 6) is 1.55. The van der Waals surface area contributed by atoms with Crippen LogP contribution < -0.4 is 10.1 Å². The molecule has 0 aromatic heterocycles. The molecule has 3 nitrogen and oxygen atoms in total. The molecular formula is C16H23NO2. The van der Waals surface area contributed by atoms with Gasteiger partial charge in [0, 0.05) is 30.7 Å². The number of ether oxygens (including phenoxy) is 2. The van der Waals surface area contributed by atoms with Crippen LogP contribution in [0.15, 0.2) is 24.3 Å². The molecule has 1 aromatic rings. The fourth-order valence-electron chi connectivity index (χ4n) is 3.11. The molecule has 2 aliphatic heterocycles. The van der Waals surface area contributed by atoms with Crippen molar-refractivity contribution >= 4 is 0 Å². The number of hydrogen-bond acceptors (Lipinski definition) is 3. The summed E-state index contributed by atoms with van der Waals surface area (Å²) in [4.78, 5) is 0. The minimum Gasteiger partial charge on any atom is -0.493 e. The third kappa shape index (κ3) is 2.93. The van der Waals surface area contributed by atoms with Gasteiger partial charge in [-0.1, -0.05) is 18.2 Å². The molecule has 1 N–H and O–H groups in total.